The molecule has 37 heavy (non-hydrogen) atoms. The minimum absolute atomic E-state index is 0.386. The van der Waals surface area contributed by atoms with E-state index < -0.39 is 85.8 Å². The first kappa shape index (κ1) is 32.3. The van der Waals surface area contributed by atoms with Crippen LogP contribution in [-0.2, 0) is 42.2 Å². The molecule has 0 amide bonds. The van der Waals surface area contributed by atoms with Gasteiger partial charge in [0.05, 0.1) is 13.4 Å². The summed E-state index contributed by atoms with van der Waals surface area (Å²) in [6.45, 7) is 18.7. The molecule has 0 aromatic rings. The maximum absolute atomic E-state index is 13.1. The van der Waals surface area contributed by atoms with Gasteiger partial charge in [0.25, 0.3) is 10.1 Å². The molecule has 1 aliphatic heterocycles. The van der Waals surface area contributed by atoms with E-state index in [1.165, 1.54) is 0 Å². The van der Waals surface area contributed by atoms with Gasteiger partial charge in [0.15, 0.2) is 22.2 Å². The van der Waals surface area contributed by atoms with Crippen LogP contribution in [0.1, 0.15) is 41.5 Å². The Morgan fingerprint density at radius 1 is 0.973 bits per heavy atom. The minimum atomic E-state index is -4.27. The fourth-order valence-electron chi connectivity index (χ4n) is 4.19. The first-order valence-corrected chi connectivity index (χ1v) is 19.8. The summed E-state index contributed by atoms with van der Waals surface area (Å²) in [6, 6.07) is 0. The third-order valence-electron chi connectivity index (χ3n) is 8.47. The van der Waals surface area contributed by atoms with Crippen LogP contribution in [0.5, 0.6) is 0 Å². The number of hydrogen-bond donors (Lipinski definition) is 2. The molecule has 0 bridgehead atoms. The maximum atomic E-state index is 13.1. The molecule has 14 heteroatoms. The fraction of sp³-hybridized carbons (Fsp3) is 0.913. The van der Waals surface area contributed by atoms with Crippen LogP contribution in [0.25, 0.3) is 0 Å². The van der Waals surface area contributed by atoms with E-state index in [2.05, 4.69) is 0 Å². The summed E-state index contributed by atoms with van der Waals surface area (Å²) in [5, 5.41) is 23.1. The molecule has 216 valence electrons. The van der Waals surface area contributed by atoms with E-state index in [1.54, 1.807) is 0 Å². The average Bonchev–Trinajstić information content (AvgIpc) is 2.92. The zero-order valence-electron chi connectivity index (χ0n) is 24.0. The number of ether oxygens (including phenoxy) is 2. The van der Waals surface area contributed by atoms with Gasteiger partial charge in [-0.1, -0.05) is 41.5 Å². The second-order valence-corrected chi connectivity index (χ2v) is 24.3. The fourth-order valence-corrected chi connectivity index (χ4v) is 7.42. The molecule has 0 aromatic heterocycles. The highest BCUT2D eigenvalue weighted by Gasteiger charge is 2.79. The van der Waals surface area contributed by atoms with E-state index in [0.29, 0.717) is 0 Å². The molecule has 0 unspecified atom stereocenters. The van der Waals surface area contributed by atoms with Gasteiger partial charge in [-0.2, -0.15) is 8.42 Å². The first-order chi connectivity index (χ1) is 16.3. The molecule has 2 N–H and O–H groups in total. The summed E-state index contributed by atoms with van der Waals surface area (Å²) >= 11 is 0. The Morgan fingerprint density at radius 2 is 1.43 bits per heavy atom. The Morgan fingerprint density at radius 3 is 1.84 bits per heavy atom. The van der Waals surface area contributed by atoms with Crippen molar-refractivity contribution in [2.45, 2.75) is 107 Å². The molecule has 1 aliphatic carbocycles. The molecule has 2 fully saturated rings. The van der Waals surface area contributed by atoms with Crippen molar-refractivity contribution in [1.82, 2.24) is 0 Å². The van der Waals surface area contributed by atoms with Crippen LogP contribution in [0, 0.1) is 5.92 Å². The predicted octanol–water partition coefficient (Wildman–Crippen LogP) is 1.93. The summed E-state index contributed by atoms with van der Waals surface area (Å²) in [6.07, 6.45) is -3.84. The number of rotatable bonds is 7. The SMILES string of the molecule is COC(=O)[C@@H]1[C@H](OS(C)(=O)=O)[C@H](O[Si](C)(C)C(C)(C)C)[C@H](O[Si](C)(C)C(C)(C)C)[C@]2(O)COC(=O)[C@]12O. The topological polar surface area (TPSA) is 155 Å². The highest BCUT2D eigenvalue weighted by Crippen LogP contribution is 2.53. The second kappa shape index (κ2) is 9.64. The molecular weight excluding hydrogens is 540 g/mol. The number of esters is 2. The normalized spacial score (nSPS) is 33.6. The summed E-state index contributed by atoms with van der Waals surface area (Å²) < 4.78 is 53.6. The molecule has 1 saturated carbocycles. The number of cyclic esters (lactones) is 1. The van der Waals surface area contributed by atoms with Gasteiger partial charge in [0, 0.05) is 0 Å². The number of hydrogen-bond acceptors (Lipinski definition) is 11. The van der Waals surface area contributed by atoms with Crippen molar-refractivity contribution >= 4 is 38.7 Å². The number of carbonyl (C=O) groups excluding carboxylic acids is 2. The van der Waals surface area contributed by atoms with Crippen LogP contribution in [-0.4, -0.2) is 96.7 Å². The van der Waals surface area contributed by atoms with Gasteiger partial charge in [0.2, 0.25) is 5.60 Å². The van der Waals surface area contributed by atoms with Crippen LogP contribution in [0.4, 0.5) is 0 Å². The van der Waals surface area contributed by atoms with E-state index in [0.717, 1.165) is 13.4 Å². The second-order valence-electron chi connectivity index (χ2n) is 13.2. The van der Waals surface area contributed by atoms with Gasteiger partial charge in [-0.3, -0.25) is 8.98 Å². The third kappa shape index (κ3) is 5.58. The lowest BCUT2D eigenvalue weighted by Gasteiger charge is -2.57. The number of fused-ring (bicyclic) bond motifs is 1. The number of aliphatic hydroxyl groups is 2. The Labute approximate surface area is 222 Å². The zero-order chi connectivity index (χ0) is 29.2. The standard InChI is InChI=1S/C23H44O11SSi2/c1-20(2,3)36(9,10)33-16-15(32-35(8,28)29)14(18(24)30-7)23(27)19(25)31-13-22(23,26)17(16)34-37(11,12)21(4,5)6/h14-17,26-27H,13H2,1-12H3/t14-,15-,16-,17-,22+,23+/m0/s1. The molecule has 0 spiro atoms. The molecular formula is C23H44O11SSi2. The van der Waals surface area contributed by atoms with E-state index in [9.17, 15) is 28.2 Å². The van der Waals surface area contributed by atoms with Gasteiger partial charge < -0.3 is 28.5 Å². The molecule has 11 nitrogen and oxygen atoms in total. The van der Waals surface area contributed by atoms with Crippen molar-refractivity contribution in [3.05, 3.63) is 0 Å². The monoisotopic (exact) mass is 584 g/mol. The molecule has 1 saturated heterocycles. The largest absolute Gasteiger partial charge is 0.469 e. The van der Waals surface area contributed by atoms with Crippen LogP contribution in [0.2, 0.25) is 36.3 Å². The zero-order valence-corrected chi connectivity index (χ0v) is 26.8. The van der Waals surface area contributed by atoms with Crippen molar-refractivity contribution in [3.8, 4) is 0 Å². The molecule has 0 aromatic carbocycles. The summed E-state index contributed by atoms with van der Waals surface area (Å²) in [7, 11) is -8.82. The summed E-state index contributed by atoms with van der Waals surface area (Å²) in [5.41, 5.74) is -5.39. The molecule has 2 rings (SSSR count). The van der Waals surface area contributed by atoms with Crippen molar-refractivity contribution in [2.75, 3.05) is 20.0 Å². The predicted molar refractivity (Wildman–Crippen MR) is 140 cm³/mol. The van der Waals surface area contributed by atoms with Gasteiger partial charge in [-0.05, 0) is 36.3 Å². The lowest BCUT2D eigenvalue weighted by molar-refractivity contribution is -0.263. The average molecular weight is 585 g/mol. The van der Waals surface area contributed by atoms with Crippen LogP contribution in [0.3, 0.4) is 0 Å². The van der Waals surface area contributed by atoms with Crippen molar-refractivity contribution in [2.24, 2.45) is 5.92 Å². The Balaban J connectivity index is 2.94. The number of carbonyl (C=O) groups is 2. The quantitative estimate of drug-likeness (QED) is 0.256. The van der Waals surface area contributed by atoms with E-state index >= 15 is 0 Å². The van der Waals surface area contributed by atoms with Crippen LogP contribution < -0.4 is 0 Å². The van der Waals surface area contributed by atoms with Gasteiger partial charge in [0.1, 0.15) is 30.8 Å². The Hall–Kier alpha value is -0.876. The van der Waals surface area contributed by atoms with Gasteiger partial charge in [-0.25, -0.2) is 4.79 Å². The molecule has 6 atom stereocenters. The van der Waals surface area contributed by atoms with Crippen molar-refractivity contribution < 1.29 is 50.7 Å². The smallest absolute Gasteiger partial charge is 0.342 e. The highest BCUT2D eigenvalue weighted by atomic mass is 32.2. The molecule has 0 radical (unpaired) electrons. The summed E-state index contributed by atoms with van der Waals surface area (Å²) in [4.78, 5) is 26.1. The number of methoxy groups -OCH3 is 1. The first-order valence-electron chi connectivity index (χ1n) is 12.2. The summed E-state index contributed by atoms with van der Waals surface area (Å²) in [5.74, 6) is -4.45. The third-order valence-corrected chi connectivity index (χ3v) is 18.0. The van der Waals surface area contributed by atoms with Gasteiger partial charge >= 0.3 is 11.9 Å². The van der Waals surface area contributed by atoms with Crippen molar-refractivity contribution in [3.63, 3.8) is 0 Å². The van der Waals surface area contributed by atoms with Gasteiger partial charge in [-0.15, -0.1) is 0 Å². The Kier molecular flexibility index (Phi) is 8.43. The van der Waals surface area contributed by atoms with E-state index in [1.807, 2.05) is 67.7 Å². The Bertz CT molecular complexity index is 1010. The highest BCUT2D eigenvalue weighted by molar-refractivity contribution is 7.86. The van der Waals surface area contributed by atoms with E-state index in [4.69, 9.17) is 22.5 Å². The molecule has 2 aliphatic rings. The van der Waals surface area contributed by atoms with Crippen LogP contribution in [0.15, 0.2) is 0 Å². The van der Waals surface area contributed by atoms with Crippen LogP contribution >= 0.6 is 0 Å². The van der Waals surface area contributed by atoms with E-state index in [-0.39, 0.29) is 5.04 Å². The minimum Gasteiger partial charge on any atom is -0.469 e. The lowest BCUT2D eigenvalue weighted by Crippen LogP contribution is -2.80. The maximum Gasteiger partial charge on any atom is 0.342 e. The van der Waals surface area contributed by atoms with Crippen molar-refractivity contribution in [1.29, 1.82) is 0 Å². The molecule has 1 heterocycles. The lowest BCUT2D eigenvalue weighted by atomic mass is 9.63.